The van der Waals surface area contributed by atoms with Gasteiger partial charge in [0.1, 0.15) is 18.1 Å². The molecule has 0 radical (unpaired) electrons. The van der Waals surface area contributed by atoms with Crippen LogP contribution in [0.2, 0.25) is 0 Å². The molecule has 0 spiro atoms. The average Bonchev–Trinajstić information content (AvgIpc) is 3.25. The number of methoxy groups -OCH3 is 3. The third-order valence-electron chi connectivity index (χ3n) is 5.37. The Morgan fingerprint density at radius 1 is 1.00 bits per heavy atom. The van der Waals surface area contributed by atoms with Crippen molar-refractivity contribution in [2.45, 2.75) is 19.9 Å². The number of aryl methyl sites for hydroxylation is 1. The van der Waals surface area contributed by atoms with E-state index < -0.39 is 6.04 Å². The molecule has 0 fully saturated rings. The van der Waals surface area contributed by atoms with E-state index in [1.165, 1.54) is 6.33 Å². The van der Waals surface area contributed by atoms with Crippen LogP contribution in [0.25, 0.3) is 0 Å². The number of carbonyl (C=O) groups is 1. The van der Waals surface area contributed by atoms with Gasteiger partial charge in [-0.25, -0.2) is 4.68 Å². The fourth-order valence-electron chi connectivity index (χ4n) is 3.83. The minimum absolute atomic E-state index is 0.278. The van der Waals surface area contributed by atoms with Gasteiger partial charge in [-0.05, 0) is 49.2 Å². The molecule has 2 aromatic carbocycles. The number of fused-ring (bicyclic) bond motifs is 1. The van der Waals surface area contributed by atoms with E-state index in [0.717, 1.165) is 11.1 Å². The second kappa shape index (κ2) is 8.62. The van der Waals surface area contributed by atoms with Gasteiger partial charge in [-0.1, -0.05) is 12.1 Å². The molecule has 2 N–H and O–H groups in total. The van der Waals surface area contributed by atoms with Crippen LogP contribution >= 0.6 is 0 Å². The van der Waals surface area contributed by atoms with Crippen molar-refractivity contribution in [1.82, 2.24) is 14.8 Å². The normalized spacial score (nSPS) is 15.0. The van der Waals surface area contributed by atoms with E-state index >= 15 is 0 Å². The molecule has 1 aliphatic rings. The number of hydrogen-bond acceptors (Lipinski definition) is 7. The van der Waals surface area contributed by atoms with Crippen LogP contribution in [-0.2, 0) is 4.79 Å². The molecule has 4 rings (SSSR count). The SMILES string of the molecule is COc1ccc(C)cc1NC(=O)C1=C(C)Nc2ncnn2C1c1ccc(OC)c(OC)c1. The Morgan fingerprint density at radius 2 is 1.72 bits per heavy atom. The van der Waals surface area contributed by atoms with Gasteiger partial charge in [-0.15, -0.1) is 0 Å². The summed E-state index contributed by atoms with van der Waals surface area (Å²) in [5, 5.41) is 10.5. The molecular formula is C23H25N5O4. The first-order valence-corrected chi connectivity index (χ1v) is 10.0. The number of anilines is 2. The van der Waals surface area contributed by atoms with Crippen LogP contribution < -0.4 is 24.8 Å². The first-order chi connectivity index (χ1) is 15.5. The van der Waals surface area contributed by atoms with Gasteiger partial charge in [-0.3, -0.25) is 4.79 Å². The van der Waals surface area contributed by atoms with Crippen molar-refractivity contribution in [3.05, 3.63) is 65.1 Å². The highest BCUT2D eigenvalue weighted by atomic mass is 16.5. The number of rotatable bonds is 6. The number of carbonyl (C=O) groups excluding carboxylic acids is 1. The number of nitrogens with zero attached hydrogens (tertiary/aromatic N) is 3. The molecule has 0 saturated heterocycles. The lowest BCUT2D eigenvalue weighted by Gasteiger charge is -2.29. The number of hydrogen-bond donors (Lipinski definition) is 2. The summed E-state index contributed by atoms with van der Waals surface area (Å²) >= 11 is 0. The zero-order valence-electron chi connectivity index (χ0n) is 18.6. The molecule has 0 aliphatic carbocycles. The Kier molecular flexibility index (Phi) is 5.72. The van der Waals surface area contributed by atoms with Crippen molar-refractivity contribution in [2.24, 2.45) is 0 Å². The summed E-state index contributed by atoms with van der Waals surface area (Å²) in [5.74, 6) is 2.00. The maximum Gasteiger partial charge on any atom is 0.255 e. The van der Waals surface area contributed by atoms with E-state index in [9.17, 15) is 4.79 Å². The highest BCUT2D eigenvalue weighted by Crippen LogP contribution is 2.39. The molecule has 166 valence electrons. The first-order valence-electron chi connectivity index (χ1n) is 10.0. The summed E-state index contributed by atoms with van der Waals surface area (Å²) in [4.78, 5) is 17.8. The maximum absolute atomic E-state index is 13.6. The number of amides is 1. The molecule has 2 heterocycles. The molecule has 1 aliphatic heterocycles. The third-order valence-corrected chi connectivity index (χ3v) is 5.37. The van der Waals surface area contributed by atoms with Crippen molar-refractivity contribution in [1.29, 1.82) is 0 Å². The van der Waals surface area contributed by atoms with Crippen molar-refractivity contribution in [3.8, 4) is 17.2 Å². The van der Waals surface area contributed by atoms with Crippen LogP contribution in [0, 0.1) is 6.92 Å². The zero-order chi connectivity index (χ0) is 22.8. The lowest BCUT2D eigenvalue weighted by atomic mass is 9.94. The Labute approximate surface area is 186 Å². The Morgan fingerprint density at radius 3 is 2.44 bits per heavy atom. The van der Waals surface area contributed by atoms with Crippen LogP contribution in [0.4, 0.5) is 11.6 Å². The Balaban J connectivity index is 1.79. The Hall–Kier alpha value is -4.01. The summed E-state index contributed by atoms with van der Waals surface area (Å²) in [6.07, 6.45) is 1.45. The quantitative estimate of drug-likeness (QED) is 0.611. The molecule has 1 unspecified atom stereocenters. The third kappa shape index (κ3) is 3.73. The van der Waals surface area contributed by atoms with E-state index in [1.54, 1.807) is 32.1 Å². The highest BCUT2D eigenvalue weighted by Gasteiger charge is 2.34. The largest absolute Gasteiger partial charge is 0.495 e. The topological polar surface area (TPSA) is 99.5 Å². The van der Waals surface area contributed by atoms with Gasteiger partial charge in [0, 0.05) is 5.70 Å². The molecule has 0 bridgehead atoms. The summed E-state index contributed by atoms with van der Waals surface area (Å²) < 4.78 is 17.9. The molecule has 9 nitrogen and oxygen atoms in total. The average molecular weight is 435 g/mol. The second-order valence-corrected chi connectivity index (χ2v) is 7.37. The van der Waals surface area contributed by atoms with Gasteiger partial charge < -0.3 is 24.8 Å². The number of allylic oxidation sites excluding steroid dienone is 1. The van der Waals surface area contributed by atoms with E-state index in [1.807, 2.05) is 44.2 Å². The lowest BCUT2D eigenvalue weighted by molar-refractivity contribution is -0.113. The molecule has 1 amide bonds. The van der Waals surface area contributed by atoms with E-state index in [0.29, 0.717) is 40.2 Å². The second-order valence-electron chi connectivity index (χ2n) is 7.37. The van der Waals surface area contributed by atoms with Crippen molar-refractivity contribution in [3.63, 3.8) is 0 Å². The summed E-state index contributed by atoms with van der Waals surface area (Å²) in [6, 6.07) is 10.6. The zero-order valence-corrected chi connectivity index (χ0v) is 18.6. The summed E-state index contributed by atoms with van der Waals surface area (Å²) in [6.45, 7) is 3.80. The molecule has 32 heavy (non-hydrogen) atoms. The van der Waals surface area contributed by atoms with Gasteiger partial charge in [-0.2, -0.15) is 10.1 Å². The predicted molar refractivity (Wildman–Crippen MR) is 120 cm³/mol. The smallest absolute Gasteiger partial charge is 0.255 e. The van der Waals surface area contributed by atoms with Crippen LogP contribution in [0.5, 0.6) is 17.2 Å². The molecular weight excluding hydrogens is 410 g/mol. The number of benzene rings is 2. The minimum atomic E-state index is -0.524. The standard InChI is InChI=1S/C23H25N5O4/c1-13-6-8-17(30-3)16(10-13)27-22(29)20-14(2)26-23-24-12-25-28(23)21(20)15-7-9-18(31-4)19(11-15)32-5/h6-12,21H,1-5H3,(H,27,29)(H,24,25,26). The lowest BCUT2D eigenvalue weighted by Crippen LogP contribution is -2.31. The first kappa shape index (κ1) is 21.2. The van der Waals surface area contributed by atoms with Gasteiger partial charge in [0.05, 0.1) is 32.6 Å². The van der Waals surface area contributed by atoms with Crippen molar-refractivity contribution >= 4 is 17.5 Å². The van der Waals surface area contributed by atoms with E-state index in [-0.39, 0.29) is 5.91 Å². The van der Waals surface area contributed by atoms with Crippen LogP contribution in [0.3, 0.4) is 0 Å². The molecule has 9 heteroatoms. The fraction of sp³-hybridized carbons (Fsp3) is 0.261. The highest BCUT2D eigenvalue weighted by molar-refractivity contribution is 6.06. The maximum atomic E-state index is 13.6. The van der Waals surface area contributed by atoms with Gasteiger partial charge in [0.25, 0.3) is 5.91 Å². The fourth-order valence-corrected chi connectivity index (χ4v) is 3.83. The number of nitrogens with one attached hydrogen (secondary N) is 2. The van der Waals surface area contributed by atoms with Crippen LogP contribution in [0.1, 0.15) is 24.1 Å². The van der Waals surface area contributed by atoms with Crippen LogP contribution in [-0.4, -0.2) is 42.0 Å². The summed E-state index contributed by atoms with van der Waals surface area (Å²) in [7, 11) is 4.72. The van der Waals surface area contributed by atoms with Gasteiger partial charge in [0.15, 0.2) is 11.5 Å². The molecule has 1 aromatic heterocycles. The predicted octanol–water partition coefficient (Wildman–Crippen LogP) is 3.54. The van der Waals surface area contributed by atoms with Crippen LogP contribution in [0.15, 0.2) is 54.0 Å². The monoisotopic (exact) mass is 435 g/mol. The van der Waals surface area contributed by atoms with Gasteiger partial charge >= 0.3 is 0 Å². The molecule has 0 saturated carbocycles. The van der Waals surface area contributed by atoms with Crippen molar-refractivity contribution in [2.75, 3.05) is 32.0 Å². The number of aromatic nitrogens is 3. The minimum Gasteiger partial charge on any atom is -0.495 e. The van der Waals surface area contributed by atoms with Gasteiger partial charge in [0.2, 0.25) is 5.95 Å². The van der Waals surface area contributed by atoms with E-state index in [2.05, 4.69) is 20.7 Å². The molecule has 1 atom stereocenters. The molecule has 3 aromatic rings. The van der Waals surface area contributed by atoms with Crippen molar-refractivity contribution < 1.29 is 19.0 Å². The Bertz CT molecular complexity index is 1200. The summed E-state index contributed by atoms with van der Waals surface area (Å²) in [5.41, 5.74) is 3.57. The number of ether oxygens (including phenoxy) is 3. The van der Waals surface area contributed by atoms with E-state index in [4.69, 9.17) is 14.2 Å².